The Morgan fingerprint density at radius 3 is 2.95 bits per heavy atom. The number of fused-ring (bicyclic) bond motifs is 1. The van der Waals surface area contributed by atoms with Crippen LogP contribution in [0.3, 0.4) is 0 Å². The maximum Gasteiger partial charge on any atom is 0.184 e. The van der Waals surface area contributed by atoms with E-state index in [1.54, 1.807) is 11.3 Å². The molecule has 0 amide bonds. The maximum absolute atomic E-state index is 4.70. The summed E-state index contributed by atoms with van der Waals surface area (Å²) in [6.45, 7) is 4.35. The summed E-state index contributed by atoms with van der Waals surface area (Å²) in [6.07, 6.45) is 2.30. The summed E-state index contributed by atoms with van der Waals surface area (Å²) >= 11 is 3.56. The maximum atomic E-state index is 4.70. The summed E-state index contributed by atoms with van der Waals surface area (Å²) in [5.41, 5.74) is 2.38. The van der Waals surface area contributed by atoms with Crippen LogP contribution >= 0.6 is 22.7 Å². The fourth-order valence-corrected chi connectivity index (χ4v) is 4.14. The zero-order valence-corrected chi connectivity index (χ0v) is 13.4. The molecule has 3 rings (SSSR count). The molecule has 2 nitrogen and oxygen atoms in total. The highest BCUT2D eigenvalue weighted by Crippen LogP contribution is 2.32. The number of aromatic nitrogens is 1. The molecule has 3 aromatic rings. The second-order valence-electron chi connectivity index (χ2n) is 4.99. The van der Waals surface area contributed by atoms with Crippen LogP contribution < -0.4 is 5.32 Å². The largest absolute Gasteiger partial charge is 0.354 e. The third kappa shape index (κ3) is 2.86. The van der Waals surface area contributed by atoms with Crippen molar-refractivity contribution in [3.8, 4) is 0 Å². The Labute approximate surface area is 127 Å². The lowest BCUT2D eigenvalue weighted by Gasteiger charge is -2.15. The van der Waals surface area contributed by atoms with E-state index in [1.807, 2.05) is 11.3 Å². The second-order valence-corrected chi connectivity index (χ2v) is 7.00. The first-order chi connectivity index (χ1) is 9.76. The van der Waals surface area contributed by atoms with Gasteiger partial charge in [0.2, 0.25) is 0 Å². The molecule has 0 saturated heterocycles. The average Bonchev–Trinajstić information content (AvgIpc) is 3.06. The number of anilines is 1. The minimum atomic E-state index is 0.377. The number of nitrogens with one attached hydrogen (secondary N) is 1. The molecule has 0 aliphatic carbocycles. The minimum absolute atomic E-state index is 0.377. The molecule has 1 atom stereocenters. The van der Waals surface area contributed by atoms with Gasteiger partial charge in [-0.15, -0.1) is 11.3 Å². The summed E-state index contributed by atoms with van der Waals surface area (Å²) in [6, 6.07) is 11.1. The first-order valence-corrected chi connectivity index (χ1v) is 8.63. The number of thiophene rings is 1. The van der Waals surface area contributed by atoms with Crippen LogP contribution in [0.25, 0.3) is 10.2 Å². The molecule has 1 unspecified atom stereocenters. The van der Waals surface area contributed by atoms with Crippen molar-refractivity contribution in [3.05, 3.63) is 46.2 Å². The van der Waals surface area contributed by atoms with Gasteiger partial charge in [0.25, 0.3) is 0 Å². The summed E-state index contributed by atoms with van der Waals surface area (Å²) < 4.78 is 1.26. The lowest BCUT2D eigenvalue weighted by atomic mass is 10.1. The zero-order chi connectivity index (χ0) is 13.9. The number of aryl methyl sites for hydroxylation is 1. The summed E-state index contributed by atoms with van der Waals surface area (Å²) in [7, 11) is 0. The van der Waals surface area contributed by atoms with Gasteiger partial charge in [0.05, 0.1) is 16.3 Å². The first-order valence-electron chi connectivity index (χ1n) is 6.93. The molecule has 0 fully saturated rings. The van der Waals surface area contributed by atoms with E-state index in [9.17, 15) is 0 Å². The number of thiazole rings is 1. The van der Waals surface area contributed by atoms with E-state index >= 15 is 0 Å². The zero-order valence-electron chi connectivity index (χ0n) is 11.7. The molecular weight excluding hydrogens is 284 g/mol. The second kappa shape index (κ2) is 5.94. The number of hydrogen-bond acceptors (Lipinski definition) is 4. The highest BCUT2D eigenvalue weighted by atomic mass is 32.1. The monoisotopic (exact) mass is 302 g/mol. The van der Waals surface area contributed by atoms with E-state index in [2.05, 4.69) is 54.9 Å². The molecule has 0 radical (unpaired) electrons. The highest BCUT2D eigenvalue weighted by Gasteiger charge is 2.13. The van der Waals surface area contributed by atoms with Crippen molar-refractivity contribution < 1.29 is 0 Å². The quantitative estimate of drug-likeness (QED) is 0.661. The standard InChI is InChI=1S/C16H18N2S2/c1-3-5-12(14-6-4-9-19-14)17-16-18-13-8-7-11(2)10-15(13)20-16/h4,6-10,12H,3,5H2,1-2H3,(H,17,18). The van der Waals surface area contributed by atoms with Crippen molar-refractivity contribution in [2.24, 2.45) is 0 Å². The molecule has 1 aromatic carbocycles. The number of nitrogens with zero attached hydrogens (tertiary/aromatic N) is 1. The van der Waals surface area contributed by atoms with Crippen LogP contribution in [0, 0.1) is 6.92 Å². The van der Waals surface area contributed by atoms with Gasteiger partial charge in [-0.25, -0.2) is 4.98 Å². The topological polar surface area (TPSA) is 24.9 Å². The predicted molar refractivity (Wildman–Crippen MR) is 89.9 cm³/mol. The van der Waals surface area contributed by atoms with E-state index in [0.29, 0.717) is 6.04 Å². The van der Waals surface area contributed by atoms with Gasteiger partial charge < -0.3 is 5.32 Å². The Balaban J connectivity index is 1.86. The molecule has 4 heteroatoms. The van der Waals surface area contributed by atoms with E-state index < -0.39 is 0 Å². The Morgan fingerprint density at radius 1 is 1.30 bits per heavy atom. The van der Waals surface area contributed by atoms with Gasteiger partial charge in [-0.2, -0.15) is 0 Å². The predicted octanol–water partition coefficient (Wildman–Crippen LogP) is 5.62. The molecule has 0 spiro atoms. The SMILES string of the molecule is CCCC(Nc1nc2ccc(C)cc2s1)c1cccs1. The van der Waals surface area contributed by atoms with E-state index in [4.69, 9.17) is 4.98 Å². The van der Waals surface area contributed by atoms with Crippen LogP contribution in [-0.2, 0) is 0 Å². The molecule has 104 valence electrons. The van der Waals surface area contributed by atoms with Crippen LogP contribution in [0.2, 0.25) is 0 Å². The van der Waals surface area contributed by atoms with Gasteiger partial charge in [-0.05, 0) is 42.5 Å². The normalized spacial score (nSPS) is 12.7. The fourth-order valence-electron chi connectivity index (χ4n) is 2.31. The van der Waals surface area contributed by atoms with E-state index in [1.165, 1.54) is 21.6 Å². The van der Waals surface area contributed by atoms with Crippen LogP contribution in [0.4, 0.5) is 5.13 Å². The van der Waals surface area contributed by atoms with Crippen LogP contribution in [0.1, 0.15) is 36.2 Å². The molecule has 0 saturated carbocycles. The molecule has 20 heavy (non-hydrogen) atoms. The third-order valence-electron chi connectivity index (χ3n) is 3.31. The van der Waals surface area contributed by atoms with Gasteiger partial charge >= 0.3 is 0 Å². The molecule has 0 aliphatic rings. The highest BCUT2D eigenvalue weighted by molar-refractivity contribution is 7.22. The lowest BCUT2D eigenvalue weighted by Crippen LogP contribution is -2.08. The van der Waals surface area contributed by atoms with Crippen molar-refractivity contribution in [1.29, 1.82) is 0 Å². The molecule has 0 aliphatic heterocycles. The van der Waals surface area contributed by atoms with Crippen molar-refractivity contribution in [1.82, 2.24) is 4.98 Å². The number of hydrogen-bond donors (Lipinski definition) is 1. The van der Waals surface area contributed by atoms with Crippen LogP contribution in [0.15, 0.2) is 35.7 Å². The Hall–Kier alpha value is -1.39. The molecular formula is C16H18N2S2. The molecule has 0 bridgehead atoms. The Morgan fingerprint density at radius 2 is 2.20 bits per heavy atom. The van der Waals surface area contributed by atoms with Crippen molar-refractivity contribution in [2.45, 2.75) is 32.7 Å². The van der Waals surface area contributed by atoms with Gasteiger partial charge in [-0.3, -0.25) is 0 Å². The smallest absolute Gasteiger partial charge is 0.184 e. The molecule has 2 heterocycles. The van der Waals surface area contributed by atoms with E-state index in [0.717, 1.165) is 17.1 Å². The van der Waals surface area contributed by atoms with Gasteiger partial charge in [0.1, 0.15) is 0 Å². The number of benzene rings is 1. The minimum Gasteiger partial charge on any atom is -0.354 e. The van der Waals surface area contributed by atoms with Crippen LogP contribution in [0.5, 0.6) is 0 Å². The van der Waals surface area contributed by atoms with Crippen molar-refractivity contribution in [3.63, 3.8) is 0 Å². The van der Waals surface area contributed by atoms with Crippen LogP contribution in [-0.4, -0.2) is 4.98 Å². The molecule has 1 N–H and O–H groups in total. The molecule has 2 aromatic heterocycles. The van der Waals surface area contributed by atoms with Gasteiger partial charge in [0, 0.05) is 4.88 Å². The van der Waals surface area contributed by atoms with E-state index in [-0.39, 0.29) is 0 Å². The Bertz CT molecular complexity index is 686. The summed E-state index contributed by atoms with van der Waals surface area (Å²) in [5.74, 6) is 0. The van der Waals surface area contributed by atoms with Gasteiger partial charge in [0.15, 0.2) is 5.13 Å². The lowest BCUT2D eigenvalue weighted by molar-refractivity contribution is 0.687. The summed E-state index contributed by atoms with van der Waals surface area (Å²) in [5, 5.41) is 6.77. The van der Waals surface area contributed by atoms with Gasteiger partial charge in [-0.1, -0.05) is 36.8 Å². The Kier molecular flexibility index (Phi) is 4.03. The van der Waals surface area contributed by atoms with Crippen molar-refractivity contribution in [2.75, 3.05) is 5.32 Å². The average molecular weight is 302 g/mol. The third-order valence-corrected chi connectivity index (χ3v) is 5.24. The summed E-state index contributed by atoms with van der Waals surface area (Å²) in [4.78, 5) is 6.09. The fraction of sp³-hybridized carbons (Fsp3) is 0.312. The number of rotatable bonds is 5. The first kappa shape index (κ1) is 13.6. The van der Waals surface area contributed by atoms with Crippen molar-refractivity contribution >= 4 is 38.0 Å².